The van der Waals surface area contributed by atoms with Crippen LogP contribution in [-0.4, -0.2) is 28.6 Å². The van der Waals surface area contributed by atoms with Crippen molar-refractivity contribution in [3.8, 4) is 17.6 Å². The summed E-state index contributed by atoms with van der Waals surface area (Å²) in [6.07, 6.45) is 2.58. The standard InChI is InChI=1S/C17H17N3O2S/c1-3-8-14-9-4-5-10-15(14)22-12-7-6-11-18-17(21)16-13(2)19-20-23-16/h3-5,9-10H,1,8,11-12H2,2H3,(H,18,21). The molecular formula is C17H17N3O2S. The molecule has 2 aromatic rings. The van der Waals surface area contributed by atoms with Crippen LogP contribution in [0.1, 0.15) is 20.9 Å². The van der Waals surface area contributed by atoms with Gasteiger partial charge in [-0.3, -0.25) is 4.79 Å². The van der Waals surface area contributed by atoms with Gasteiger partial charge in [-0.2, -0.15) is 0 Å². The van der Waals surface area contributed by atoms with E-state index in [1.807, 2.05) is 30.3 Å². The molecule has 0 atom stereocenters. The molecule has 0 aliphatic rings. The number of nitrogens with zero attached hydrogens (tertiary/aromatic N) is 2. The lowest BCUT2D eigenvalue weighted by atomic mass is 10.1. The third-order valence-electron chi connectivity index (χ3n) is 2.96. The number of benzene rings is 1. The van der Waals surface area contributed by atoms with Gasteiger partial charge in [-0.1, -0.05) is 40.6 Å². The predicted octanol–water partition coefficient (Wildman–Crippen LogP) is 2.39. The van der Waals surface area contributed by atoms with Crippen LogP contribution in [0.3, 0.4) is 0 Å². The van der Waals surface area contributed by atoms with Gasteiger partial charge in [0.05, 0.1) is 12.2 Å². The van der Waals surface area contributed by atoms with E-state index in [1.165, 1.54) is 0 Å². The Morgan fingerprint density at radius 3 is 3.00 bits per heavy atom. The third kappa shape index (κ3) is 4.94. The van der Waals surface area contributed by atoms with Crippen LogP contribution < -0.4 is 10.1 Å². The van der Waals surface area contributed by atoms with Crippen molar-refractivity contribution in [1.82, 2.24) is 14.9 Å². The Labute approximate surface area is 139 Å². The minimum atomic E-state index is -0.205. The van der Waals surface area contributed by atoms with Gasteiger partial charge in [0, 0.05) is 0 Å². The molecule has 1 aromatic carbocycles. The molecule has 0 unspecified atom stereocenters. The predicted molar refractivity (Wildman–Crippen MR) is 90.6 cm³/mol. The van der Waals surface area contributed by atoms with Gasteiger partial charge < -0.3 is 10.1 Å². The Balaban J connectivity index is 1.78. The van der Waals surface area contributed by atoms with Gasteiger partial charge in [-0.25, -0.2) is 0 Å². The van der Waals surface area contributed by atoms with Gasteiger partial charge in [0.1, 0.15) is 17.2 Å². The van der Waals surface area contributed by atoms with Gasteiger partial charge in [0.2, 0.25) is 0 Å². The van der Waals surface area contributed by atoms with E-state index in [0.717, 1.165) is 29.3 Å². The van der Waals surface area contributed by atoms with Gasteiger partial charge >= 0.3 is 0 Å². The van der Waals surface area contributed by atoms with E-state index in [0.29, 0.717) is 10.6 Å². The topological polar surface area (TPSA) is 64.1 Å². The van der Waals surface area contributed by atoms with E-state index in [4.69, 9.17) is 4.74 Å². The normalized spacial score (nSPS) is 9.61. The maximum absolute atomic E-state index is 11.8. The average Bonchev–Trinajstić information content (AvgIpc) is 2.98. The fraction of sp³-hybridized carbons (Fsp3) is 0.235. The first-order valence-corrected chi connectivity index (χ1v) is 7.84. The molecule has 0 bridgehead atoms. The van der Waals surface area contributed by atoms with Crippen LogP contribution in [0.4, 0.5) is 0 Å². The molecule has 1 heterocycles. The summed E-state index contributed by atoms with van der Waals surface area (Å²) in [5, 5.41) is 6.50. The molecule has 23 heavy (non-hydrogen) atoms. The Bertz CT molecular complexity index is 744. The molecule has 2 rings (SSSR count). The summed E-state index contributed by atoms with van der Waals surface area (Å²) in [7, 11) is 0. The highest BCUT2D eigenvalue weighted by Gasteiger charge is 2.11. The molecular weight excluding hydrogens is 310 g/mol. The Morgan fingerprint density at radius 1 is 1.43 bits per heavy atom. The zero-order valence-electron chi connectivity index (χ0n) is 12.8. The van der Waals surface area contributed by atoms with Crippen molar-refractivity contribution in [3.63, 3.8) is 0 Å². The Morgan fingerprint density at radius 2 is 2.26 bits per heavy atom. The van der Waals surface area contributed by atoms with E-state index in [9.17, 15) is 4.79 Å². The van der Waals surface area contributed by atoms with E-state index in [1.54, 1.807) is 6.92 Å². The van der Waals surface area contributed by atoms with Gasteiger partial charge in [0.15, 0.2) is 0 Å². The fourth-order valence-electron chi connectivity index (χ4n) is 1.84. The number of para-hydroxylation sites is 1. The highest BCUT2D eigenvalue weighted by molar-refractivity contribution is 7.07. The van der Waals surface area contributed by atoms with Crippen molar-refractivity contribution < 1.29 is 9.53 Å². The average molecular weight is 327 g/mol. The monoisotopic (exact) mass is 327 g/mol. The molecule has 0 aliphatic heterocycles. The summed E-state index contributed by atoms with van der Waals surface area (Å²) >= 11 is 1.08. The minimum Gasteiger partial charge on any atom is -0.481 e. The van der Waals surface area contributed by atoms with Gasteiger partial charge in [-0.15, -0.1) is 11.7 Å². The smallest absolute Gasteiger partial charge is 0.265 e. The lowest BCUT2D eigenvalue weighted by Gasteiger charge is -2.07. The number of amides is 1. The molecule has 0 radical (unpaired) electrons. The maximum atomic E-state index is 11.8. The number of aromatic nitrogens is 2. The van der Waals surface area contributed by atoms with E-state index in [-0.39, 0.29) is 19.1 Å². The summed E-state index contributed by atoms with van der Waals surface area (Å²) in [6.45, 7) is 6.01. The van der Waals surface area contributed by atoms with Crippen molar-refractivity contribution >= 4 is 17.4 Å². The number of allylic oxidation sites excluding steroid dienone is 1. The number of nitrogens with one attached hydrogen (secondary N) is 1. The van der Waals surface area contributed by atoms with Crippen LogP contribution in [0.25, 0.3) is 0 Å². The number of aryl methyl sites for hydroxylation is 1. The summed E-state index contributed by atoms with van der Waals surface area (Å²) in [5.74, 6) is 6.33. The lowest BCUT2D eigenvalue weighted by Crippen LogP contribution is -2.23. The van der Waals surface area contributed by atoms with Crippen LogP contribution in [0.15, 0.2) is 36.9 Å². The molecule has 6 heteroatoms. The second kappa shape index (κ2) is 8.71. The van der Waals surface area contributed by atoms with Gasteiger partial charge in [0.25, 0.3) is 5.91 Å². The number of carbonyl (C=O) groups is 1. The van der Waals surface area contributed by atoms with Gasteiger partial charge in [-0.05, 0) is 36.5 Å². The van der Waals surface area contributed by atoms with Crippen molar-refractivity contribution in [1.29, 1.82) is 0 Å². The molecule has 1 N–H and O–H groups in total. The number of carbonyl (C=O) groups excluding carboxylic acids is 1. The minimum absolute atomic E-state index is 0.205. The first-order valence-electron chi connectivity index (χ1n) is 7.07. The van der Waals surface area contributed by atoms with Crippen molar-refractivity contribution in [3.05, 3.63) is 53.1 Å². The number of ether oxygens (including phenoxy) is 1. The second-order valence-corrected chi connectivity index (χ2v) is 5.37. The maximum Gasteiger partial charge on any atom is 0.265 e. The first-order chi connectivity index (χ1) is 11.2. The molecule has 0 saturated heterocycles. The molecule has 0 aliphatic carbocycles. The highest BCUT2D eigenvalue weighted by Crippen LogP contribution is 2.18. The molecule has 118 valence electrons. The zero-order valence-corrected chi connectivity index (χ0v) is 13.7. The number of hydrogen-bond acceptors (Lipinski definition) is 5. The summed E-state index contributed by atoms with van der Waals surface area (Å²) in [6, 6.07) is 7.78. The fourth-order valence-corrected chi connectivity index (χ4v) is 2.41. The third-order valence-corrected chi connectivity index (χ3v) is 3.78. The molecule has 1 amide bonds. The van der Waals surface area contributed by atoms with Crippen molar-refractivity contribution in [2.75, 3.05) is 13.2 Å². The summed E-state index contributed by atoms with van der Waals surface area (Å²) in [5.41, 5.74) is 1.70. The lowest BCUT2D eigenvalue weighted by molar-refractivity contribution is 0.0962. The van der Waals surface area contributed by atoms with Crippen LogP contribution in [-0.2, 0) is 6.42 Å². The number of rotatable bonds is 6. The van der Waals surface area contributed by atoms with E-state index in [2.05, 4.69) is 33.3 Å². The molecule has 5 nitrogen and oxygen atoms in total. The second-order valence-electron chi connectivity index (χ2n) is 4.61. The first kappa shape index (κ1) is 16.7. The molecule has 0 saturated carbocycles. The quantitative estimate of drug-likeness (QED) is 0.653. The van der Waals surface area contributed by atoms with Crippen LogP contribution >= 0.6 is 11.5 Å². The molecule has 1 aromatic heterocycles. The zero-order chi connectivity index (χ0) is 16.5. The Kier molecular flexibility index (Phi) is 6.33. The van der Waals surface area contributed by atoms with E-state index < -0.39 is 0 Å². The summed E-state index contributed by atoms with van der Waals surface area (Å²) in [4.78, 5) is 12.3. The van der Waals surface area contributed by atoms with Crippen LogP contribution in [0, 0.1) is 18.8 Å². The highest BCUT2D eigenvalue weighted by atomic mass is 32.1. The Hall–Kier alpha value is -2.65. The van der Waals surface area contributed by atoms with Crippen molar-refractivity contribution in [2.24, 2.45) is 0 Å². The molecule has 0 fully saturated rings. The van der Waals surface area contributed by atoms with E-state index >= 15 is 0 Å². The SMILES string of the molecule is C=CCc1ccccc1OCC#CCNC(=O)c1snnc1C. The molecule has 0 spiro atoms. The van der Waals surface area contributed by atoms with Crippen molar-refractivity contribution in [2.45, 2.75) is 13.3 Å². The largest absolute Gasteiger partial charge is 0.481 e. The number of hydrogen-bond donors (Lipinski definition) is 1. The summed E-state index contributed by atoms with van der Waals surface area (Å²) < 4.78 is 9.36. The van der Waals surface area contributed by atoms with Crippen LogP contribution in [0.2, 0.25) is 0 Å². The van der Waals surface area contributed by atoms with Crippen LogP contribution in [0.5, 0.6) is 5.75 Å².